The molecule has 2 amide bonds. The summed E-state index contributed by atoms with van der Waals surface area (Å²) >= 11 is 0. The van der Waals surface area contributed by atoms with Crippen molar-refractivity contribution in [2.24, 2.45) is 0 Å². The second kappa shape index (κ2) is 7.56. The van der Waals surface area contributed by atoms with E-state index in [9.17, 15) is 4.79 Å². The van der Waals surface area contributed by atoms with Crippen LogP contribution in [0.25, 0.3) is 10.8 Å². The number of hydrogen-bond acceptors (Lipinski definition) is 2. The van der Waals surface area contributed by atoms with E-state index in [2.05, 4.69) is 60.7 Å². The highest BCUT2D eigenvalue weighted by Gasteiger charge is 2.12. The Bertz CT molecular complexity index is 890. The first-order valence-corrected chi connectivity index (χ1v) is 8.90. The molecular formula is C22H25N3O. The van der Waals surface area contributed by atoms with Crippen LogP contribution in [0.15, 0.2) is 60.9 Å². The van der Waals surface area contributed by atoms with E-state index < -0.39 is 0 Å². The fourth-order valence-corrected chi connectivity index (χ4v) is 2.89. The fraction of sp³-hybridized carbons (Fsp3) is 0.273. The quantitative estimate of drug-likeness (QED) is 0.705. The average Bonchev–Trinajstić information content (AvgIpc) is 2.62. The molecule has 3 aromatic rings. The molecule has 0 atom stereocenters. The van der Waals surface area contributed by atoms with Gasteiger partial charge in [0, 0.05) is 29.7 Å². The molecule has 1 heterocycles. The van der Waals surface area contributed by atoms with E-state index >= 15 is 0 Å². The van der Waals surface area contributed by atoms with Crippen molar-refractivity contribution in [2.75, 3.05) is 11.9 Å². The summed E-state index contributed by atoms with van der Waals surface area (Å²) in [4.78, 5) is 16.3. The molecule has 0 radical (unpaired) electrons. The molecule has 4 heteroatoms. The minimum Gasteiger partial charge on any atom is -0.338 e. The molecule has 2 N–H and O–H groups in total. The first-order chi connectivity index (χ1) is 12.4. The van der Waals surface area contributed by atoms with E-state index in [0.29, 0.717) is 6.54 Å². The number of aromatic nitrogens is 1. The van der Waals surface area contributed by atoms with Crippen molar-refractivity contribution in [3.05, 3.63) is 72.1 Å². The van der Waals surface area contributed by atoms with Gasteiger partial charge in [0.2, 0.25) is 0 Å². The number of rotatable bonds is 4. The van der Waals surface area contributed by atoms with Crippen LogP contribution in [0, 0.1) is 0 Å². The second-order valence-electron chi connectivity index (χ2n) is 7.48. The third kappa shape index (κ3) is 4.39. The van der Waals surface area contributed by atoms with Crippen LogP contribution in [-0.4, -0.2) is 17.6 Å². The van der Waals surface area contributed by atoms with Crippen molar-refractivity contribution in [3.8, 4) is 0 Å². The lowest BCUT2D eigenvalue weighted by molar-refractivity contribution is 0.252. The SMILES string of the molecule is CC(C)(C)c1ccc(CCNC(=O)Nc2cccc3cnccc23)cc1. The number of nitrogens with zero attached hydrogens (tertiary/aromatic N) is 1. The van der Waals surface area contributed by atoms with E-state index in [-0.39, 0.29) is 11.4 Å². The topological polar surface area (TPSA) is 54.0 Å². The summed E-state index contributed by atoms with van der Waals surface area (Å²) in [6.07, 6.45) is 4.32. The van der Waals surface area contributed by atoms with Crippen LogP contribution in [0.4, 0.5) is 10.5 Å². The molecule has 0 unspecified atom stereocenters. The highest BCUT2D eigenvalue weighted by molar-refractivity contribution is 6.01. The normalized spacial score (nSPS) is 11.3. The standard InChI is InChI=1S/C22H25N3O/c1-22(2,3)18-9-7-16(8-10-18)11-14-24-21(26)25-20-6-4-5-17-15-23-13-12-19(17)20/h4-10,12-13,15H,11,14H2,1-3H3,(H2,24,25,26). The smallest absolute Gasteiger partial charge is 0.319 e. The summed E-state index contributed by atoms with van der Waals surface area (Å²) in [6, 6.07) is 16.1. The zero-order chi connectivity index (χ0) is 18.6. The number of hydrogen-bond donors (Lipinski definition) is 2. The Labute approximate surface area is 154 Å². The lowest BCUT2D eigenvalue weighted by Gasteiger charge is -2.19. The number of amides is 2. The summed E-state index contributed by atoms with van der Waals surface area (Å²) in [5, 5.41) is 7.83. The lowest BCUT2D eigenvalue weighted by atomic mass is 9.86. The molecule has 0 aliphatic heterocycles. The van der Waals surface area contributed by atoms with Gasteiger partial charge in [-0.2, -0.15) is 0 Å². The van der Waals surface area contributed by atoms with E-state index in [1.165, 1.54) is 11.1 Å². The highest BCUT2D eigenvalue weighted by Crippen LogP contribution is 2.23. The zero-order valence-electron chi connectivity index (χ0n) is 15.5. The Morgan fingerprint density at radius 3 is 2.54 bits per heavy atom. The molecule has 1 aromatic heterocycles. The maximum absolute atomic E-state index is 12.2. The number of anilines is 1. The third-order valence-corrected chi connectivity index (χ3v) is 4.45. The molecule has 4 nitrogen and oxygen atoms in total. The molecule has 26 heavy (non-hydrogen) atoms. The number of nitrogens with one attached hydrogen (secondary N) is 2. The van der Waals surface area contributed by atoms with E-state index in [0.717, 1.165) is 22.9 Å². The van der Waals surface area contributed by atoms with Crippen molar-refractivity contribution < 1.29 is 4.79 Å². The molecule has 0 spiro atoms. The van der Waals surface area contributed by atoms with Crippen molar-refractivity contribution in [3.63, 3.8) is 0 Å². The maximum Gasteiger partial charge on any atom is 0.319 e. The van der Waals surface area contributed by atoms with Crippen molar-refractivity contribution in [1.29, 1.82) is 0 Å². The molecule has 2 aromatic carbocycles. The molecule has 0 aliphatic carbocycles. The molecule has 0 saturated carbocycles. The van der Waals surface area contributed by atoms with Gasteiger partial charge in [-0.15, -0.1) is 0 Å². The summed E-state index contributed by atoms with van der Waals surface area (Å²) in [5.41, 5.74) is 3.48. The Hall–Kier alpha value is -2.88. The highest BCUT2D eigenvalue weighted by atomic mass is 16.2. The van der Waals surface area contributed by atoms with Gasteiger partial charge >= 0.3 is 6.03 Å². The summed E-state index contributed by atoms with van der Waals surface area (Å²) in [7, 11) is 0. The lowest BCUT2D eigenvalue weighted by Crippen LogP contribution is -2.30. The van der Waals surface area contributed by atoms with Gasteiger partial charge in [0.25, 0.3) is 0 Å². The molecule has 0 bridgehead atoms. The average molecular weight is 347 g/mol. The van der Waals surface area contributed by atoms with E-state index in [4.69, 9.17) is 0 Å². The van der Waals surface area contributed by atoms with Gasteiger partial charge < -0.3 is 10.6 Å². The Morgan fingerprint density at radius 2 is 1.81 bits per heavy atom. The second-order valence-corrected chi connectivity index (χ2v) is 7.48. The number of pyridine rings is 1. The summed E-state index contributed by atoms with van der Waals surface area (Å²) in [6.45, 7) is 7.21. The minimum absolute atomic E-state index is 0.157. The largest absolute Gasteiger partial charge is 0.338 e. The third-order valence-electron chi connectivity index (χ3n) is 4.45. The number of carbonyl (C=O) groups is 1. The monoisotopic (exact) mass is 347 g/mol. The Balaban J connectivity index is 1.54. The zero-order valence-corrected chi connectivity index (χ0v) is 15.5. The number of benzene rings is 2. The molecule has 0 aliphatic rings. The Morgan fingerprint density at radius 1 is 1.04 bits per heavy atom. The number of urea groups is 1. The molecule has 134 valence electrons. The maximum atomic E-state index is 12.2. The first kappa shape index (κ1) is 17.9. The van der Waals surface area contributed by atoms with Crippen molar-refractivity contribution >= 4 is 22.5 Å². The number of fused-ring (bicyclic) bond motifs is 1. The molecule has 0 fully saturated rings. The van der Waals surface area contributed by atoms with Gasteiger partial charge in [-0.05, 0) is 35.1 Å². The van der Waals surface area contributed by atoms with Gasteiger partial charge in [0.15, 0.2) is 0 Å². The predicted octanol–water partition coefficient (Wildman–Crippen LogP) is 4.90. The van der Waals surface area contributed by atoms with Crippen LogP contribution in [0.5, 0.6) is 0 Å². The summed E-state index contributed by atoms with van der Waals surface area (Å²) < 4.78 is 0. The van der Waals surface area contributed by atoms with Crippen LogP contribution in [0.1, 0.15) is 31.9 Å². The molecule has 3 rings (SSSR count). The van der Waals surface area contributed by atoms with E-state index in [1.807, 2.05) is 24.3 Å². The minimum atomic E-state index is -0.194. The number of carbonyl (C=O) groups excluding carboxylic acids is 1. The van der Waals surface area contributed by atoms with Gasteiger partial charge in [-0.1, -0.05) is 57.2 Å². The Kier molecular flexibility index (Phi) is 5.21. The van der Waals surface area contributed by atoms with Crippen molar-refractivity contribution in [1.82, 2.24) is 10.3 Å². The first-order valence-electron chi connectivity index (χ1n) is 8.90. The van der Waals surface area contributed by atoms with Crippen LogP contribution in [0.2, 0.25) is 0 Å². The van der Waals surface area contributed by atoms with Crippen LogP contribution in [0.3, 0.4) is 0 Å². The summed E-state index contributed by atoms with van der Waals surface area (Å²) in [5.74, 6) is 0. The van der Waals surface area contributed by atoms with Gasteiger partial charge in [-0.3, -0.25) is 4.98 Å². The van der Waals surface area contributed by atoms with E-state index in [1.54, 1.807) is 12.4 Å². The van der Waals surface area contributed by atoms with Gasteiger partial charge in [-0.25, -0.2) is 4.79 Å². The molecule has 0 saturated heterocycles. The fourth-order valence-electron chi connectivity index (χ4n) is 2.89. The molecular weight excluding hydrogens is 322 g/mol. The van der Waals surface area contributed by atoms with Crippen molar-refractivity contribution in [2.45, 2.75) is 32.6 Å². The van der Waals surface area contributed by atoms with Crippen LogP contribution >= 0.6 is 0 Å². The van der Waals surface area contributed by atoms with Gasteiger partial charge in [0.05, 0.1) is 5.69 Å². The van der Waals surface area contributed by atoms with Crippen LogP contribution in [-0.2, 0) is 11.8 Å². The van der Waals surface area contributed by atoms with Gasteiger partial charge in [0.1, 0.15) is 0 Å². The van der Waals surface area contributed by atoms with Crippen LogP contribution < -0.4 is 10.6 Å². The predicted molar refractivity (Wildman–Crippen MR) is 108 cm³/mol.